The Morgan fingerprint density at radius 3 is 3.12 bits per heavy atom. The first-order chi connectivity index (χ1) is 12.1. The number of halogens is 1. The van der Waals surface area contributed by atoms with E-state index in [-0.39, 0.29) is 5.91 Å². The molecule has 1 aromatic carbocycles. The van der Waals surface area contributed by atoms with Crippen molar-refractivity contribution in [3.63, 3.8) is 0 Å². The van der Waals surface area contributed by atoms with E-state index in [1.54, 1.807) is 25.3 Å². The summed E-state index contributed by atoms with van der Waals surface area (Å²) in [6.45, 7) is 3.88. The van der Waals surface area contributed by atoms with E-state index in [4.69, 9.17) is 16.3 Å². The number of nitrogens with one attached hydrogen (secondary N) is 1. The van der Waals surface area contributed by atoms with Gasteiger partial charge in [0.05, 0.1) is 18.4 Å². The molecule has 8 heteroatoms. The number of methoxy groups -OCH3 is 1. The maximum atomic E-state index is 12.3. The largest absolute Gasteiger partial charge is 0.496 e. The summed E-state index contributed by atoms with van der Waals surface area (Å²) in [6.07, 6.45) is 2.28. The molecule has 2 heterocycles. The lowest BCUT2D eigenvalue weighted by atomic mass is 10.0. The number of carbonyl (C=O) groups is 1. The first kappa shape index (κ1) is 18.1. The van der Waals surface area contributed by atoms with Gasteiger partial charge in [-0.3, -0.25) is 9.89 Å². The monoisotopic (exact) mass is 380 g/mol. The number of rotatable bonds is 5. The fourth-order valence-corrected chi connectivity index (χ4v) is 3.80. The number of piperidine rings is 1. The molecule has 1 aromatic heterocycles. The minimum absolute atomic E-state index is 0.142. The zero-order chi connectivity index (χ0) is 17.8. The number of ether oxygens (including phenoxy) is 1. The van der Waals surface area contributed by atoms with Crippen LogP contribution in [0.4, 0.5) is 0 Å². The smallest absolute Gasteiger partial charge is 0.233 e. The summed E-state index contributed by atoms with van der Waals surface area (Å²) in [5, 5.41) is 8.21. The molecule has 25 heavy (non-hydrogen) atoms. The second-order valence-corrected chi connectivity index (χ2v) is 7.57. The number of hydrogen-bond acceptors (Lipinski definition) is 5. The van der Waals surface area contributed by atoms with Gasteiger partial charge >= 0.3 is 0 Å². The zero-order valence-electron chi connectivity index (χ0n) is 14.3. The molecule has 1 saturated heterocycles. The van der Waals surface area contributed by atoms with E-state index in [0.29, 0.717) is 33.4 Å². The number of benzene rings is 1. The Balaban J connectivity index is 1.64. The summed E-state index contributed by atoms with van der Waals surface area (Å²) < 4.78 is 5.34. The number of aromatic nitrogens is 3. The fraction of sp³-hybridized carbons (Fsp3) is 0.471. The van der Waals surface area contributed by atoms with Crippen LogP contribution in [0, 0.1) is 5.92 Å². The molecule has 0 aliphatic carbocycles. The molecule has 134 valence electrons. The average molecular weight is 381 g/mol. The number of nitrogens with zero attached hydrogens (tertiary/aromatic N) is 3. The average Bonchev–Trinajstić information content (AvgIpc) is 3.08. The van der Waals surface area contributed by atoms with Crippen LogP contribution in [0.1, 0.15) is 19.8 Å². The van der Waals surface area contributed by atoms with Crippen molar-refractivity contribution in [2.75, 3.05) is 26.0 Å². The van der Waals surface area contributed by atoms with Crippen LogP contribution in [0.3, 0.4) is 0 Å². The van der Waals surface area contributed by atoms with Gasteiger partial charge in [0.15, 0.2) is 5.82 Å². The Morgan fingerprint density at radius 1 is 1.52 bits per heavy atom. The van der Waals surface area contributed by atoms with E-state index in [1.165, 1.54) is 18.2 Å². The second-order valence-electron chi connectivity index (χ2n) is 6.19. The van der Waals surface area contributed by atoms with Crippen LogP contribution in [-0.2, 0) is 4.79 Å². The third-order valence-electron chi connectivity index (χ3n) is 4.22. The Morgan fingerprint density at radius 2 is 2.36 bits per heavy atom. The van der Waals surface area contributed by atoms with E-state index < -0.39 is 0 Å². The highest BCUT2D eigenvalue weighted by atomic mass is 35.5. The van der Waals surface area contributed by atoms with Crippen LogP contribution in [0.5, 0.6) is 5.75 Å². The van der Waals surface area contributed by atoms with Crippen molar-refractivity contribution in [3.05, 3.63) is 23.2 Å². The number of thioether (sulfide) groups is 1. The van der Waals surface area contributed by atoms with E-state index in [9.17, 15) is 4.79 Å². The van der Waals surface area contributed by atoms with Crippen LogP contribution in [-0.4, -0.2) is 51.9 Å². The fourth-order valence-electron chi connectivity index (χ4n) is 2.93. The molecule has 1 atom stereocenters. The molecule has 1 amide bonds. The standard InChI is InChI=1S/C17H21ClN4O2S/c1-11-4-3-7-22(9-11)15(23)10-25-17-19-16(20-21-17)13-8-12(18)5-6-14(13)24-2/h5-6,8,11H,3-4,7,9-10H2,1-2H3,(H,19,20,21)/t11-/m1/s1. The normalized spacial score (nSPS) is 17.6. The van der Waals surface area contributed by atoms with Gasteiger partial charge in [-0.15, -0.1) is 5.10 Å². The lowest BCUT2D eigenvalue weighted by molar-refractivity contribution is -0.130. The van der Waals surface area contributed by atoms with Crippen LogP contribution in [0.25, 0.3) is 11.4 Å². The highest BCUT2D eigenvalue weighted by Gasteiger charge is 2.21. The number of H-pyrrole nitrogens is 1. The third-order valence-corrected chi connectivity index (χ3v) is 5.28. The number of likely N-dealkylation sites (tertiary alicyclic amines) is 1. The molecule has 0 saturated carbocycles. The third kappa shape index (κ3) is 4.46. The van der Waals surface area contributed by atoms with Crippen molar-refractivity contribution in [3.8, 4) is 17.1 Å². The summed E-state index contributed by atoms with van der Waals surface area (Å²) in [5.41, 5.74) is 0.741. The summed E-state index contributed by atoms with van der Waals surface area (Å²) in [6, 6.07) is 5.32. The molecule has 0 unspecified atom stereocenters. The van der Waals surface area contributed by atoms with Crippen molar-refractivity contribution < 1.29 is 9.53 Å². The van der Waals surface area contributed by atoms with Gasteiger partial charge in [-0.25, -0.2) is 4.98 Å². The van der Waals surface area contributed by atoms with Crippen LogP contribution >= 0.6 is 23.4 Å². The predicted octanol–water partition coefficient (Wildman–Crippen LogP) is 3.48. The molecule has 3 rings (SSSR count). The summed E-state index contributed by atoms with van der Waals surface area (Å²) in [7, 11) is 1.59. The lowest BCUT2D eigenvalue weighted by Crippen LogP contribution is -2.40. The zero-order valence-corrected chi connectivity index (χ0v) is 15.9. The minimum Gasteiger partial charge on any atom is -0.496 e. The predicted molar refractivity (Wildman–Crippen MR) is 99.1 cm³/mol. The molecule has 1 N–H and O–H groups in total. The van der Waals surface area contributed by atoms with Crippen LogP contribution in [0.2, 0.25) is 5.02 Å². The first-order valence-electron chi connectivity index (χ1n) is 8.23. The Labute approximate surface area is 156 Å². The maximum Gasteiger partial charge on any atom is 0.233 e. The highest BCUT2D eigenvalue weighted by Crippen LogP contribution is 2.31. The van der Waals surface area contributed by atoms with E-state index >= 15 is 0 Å². The van der Waals surface area contributed by atoms with Crippen molar-refractivity contribution in [2.45, 2.75) is 24.9 Å². The number of hydrogen-bond donors (Lipinski definition) is 1. The van der Waals surface area contributed by atoms with Crippen molar-refractivity contribution >= 4 is 29.3 Å². The highest BCUT2D eigenvalue weighted by molar-refractivity contribution is 7.99. The van der Waals surface area contributed by atoms with Gasteiger partial charge in [-0.05, 0) is 37.0 Å². The molecular formula is C17H21ClN4O2S. The second kappa shape index (κ2) is 8.10. The maximum absolute atomic E-state index is 12.3. The van der Waals surface area contributed by atoms with E-state index in [2.05, 4.69) is 22.1 Å². The van der Waals surface area contributed by atoms with Crippen molar-refractivity contribution in [1.29, 1.82) is 0 Å². The van der Waals surface area contributed by atoms with Gasteiger partial charge in [0.2, 0.25) is 11.1 Å². The van der Waals surface area contributed by atoms with Gasteiger partial charge < -0.3 is 9.64 Å². The lowest BCUT2D eigenvalue weighted by Gasteiger charge is -2.30. The molecule has 0 radical (unpaired) electrons. The molecule has 2 aromatic rings. The summed E-state index contributed by atoms with van der Waals surface area (Å²) in [5.74, 6) is 2.30. The minimum atomic E-state index is 0.142. The van der Waals surface area contributed by atoms with Crippen molar-refractivity contribution in [2.24, 2.45) is 5.92 Å². The van der Waals surface area contributed by atoms with Gasteiger partial charge in [0.25, 0.3) is 0 Å². The Hall–Kier alpha value is -1.73. The Kier molecular flexibility index (Phi) is 5.86. The number of carbonyl (C=O) groups excluding carboxylic acids is 1. The van der Waals surface area contributed by atoms with Crippen LogP contribution in [0.15, 0.2) is 23.4 Å². The van der Waals surface area contributed by atoms with Crippen molar-refractivity contribution in [1.82, 2.24) is 20.1 Å². The van der Waals surface area contributed by atoms with E-state index in [0.717, 1.165) is 25.1 Å². The molecule has 1 aliphatic rings. The van der Waals surface area contributed by atoms with Gasteiger partial charge in [0.1, 0.15) is 5.75 Å². The molecule has 0 bridgehead atoms. The number of amides is 1. The van der Waals surface area contributed by atoms with Crippen LogP contribution < -0.4 is 4.74 Å². The quantitative estimate of drug-likeness (QED) is 0.804. The van der Waals surface area contributed by atoms with Gasteiger partial charge in [-0.2, -0.15) is 0 Å². The number of aromatic amines is 1. The SMILES string of the molecule is COc1ccc(Cl)cc1-c1nc(SCC(=O)N2CCC[C@@H](C)C2)n[nH]1. The first-order valence-corrected chi connectivity index (χ1v) is 9.60. The molecular weight excluding hydrogens is 360 g/mol. The van der Waals surface area contributed by atoms with E-state index in [1.807, 2.05) is 4.90 Å². The molecule has 1 fully saturated rings. The summed E-state index contributed by atoms with van der Waals surface area (Å²) in [4.78, 5) is 18.7. The molecule has 6 nitrogen and oxygen atoms in total. The topological polar surface area (TPSA) is 71.1 Å². The molecule has 1 aliphatic heterocycles. The Bertz CT molecular complexity index is 752. The van der Waals surface area contributed by atoms with Gasteiger partial charge in [-0.1, -0.05) is 30.3 Å². The summed E-state index contributed by atoms with van der Waals surface area (Å²) >= 11 is 7.40. The van der Waals surface area contributed by atoms with Gasteiger partial charge in [0, 0.05) is 18.1 Å². The molecule has 0 spiro atoms.